The summed E-state index contributed by atoms with van der Waals surface area (Å²) in [6, 6.07) is 6.99. The van der Waals surface area contributed by atoms with Gasteiger partial charge in [0.15, 0.2) is 0 Å². The molecule has 0 saturated carbocycles. The molecular formula is C16H18N4O2S. The molecular weight excluding hydrogens is 312 g/mol. The standard InChI is InChI=1S/C16H18N4O2S/c1-10-5-3-6-12(9-10)15(22)20-8-4-7-13(20)14(21)17-16-19-18-11(2)23-16/h3,5-6,9,13H,4,7-8H2,1-2H3,(H,17,19,21)/t13-/m1/s1. The first kappa shape index (κ1) is 15.6. The monoisotopic (exact) mass is 330 g/mol. The Morgan fingerprint density at radius 1 is 1.30 bits per heavy atom. The minimum atomic E-state index is -0.452. The normalized spacial score (nSPS) is 17.3. The maximum atomic E-state index is 12.7. The number of anilines is 1. The molecule has 1 saturated heterocycles. The van der Waals surface area contributed by atoms with Gasteiger partial charge < -0.3 is 4.90 Å². The van der Waals surface area contributed by atoms with Gasteiger partial charge in [0.25, 0.3) is 5.91 Å². The smallest absolute Gasteiger partial charge is 0.254 e. The number of amides is 2. The van der Waals surface area contributed by atoms with Gasteiger partial charge in [0.1, 0.15) is 11.0 Å². The highest BCUT2D eigenvalue weighted by Crippen LogP contribution is 2.23. The van der Waals surface area contributed by atoms with E-state index in [0.717, 1.165) is 17.0 Å². The van der Waals surface area contributed by atoms with Crippen molar-refractivity contribution < 1.29 is 9.59 Å². The van der Waals surface area contributed by atoms with E-state index < -0.39 is 6.04 Å². The van der Waals surface area contributed by atoms with Gasteiger partial charge in [-0.3, -0.25) is 14.9 Å². The molecule has 2 aromatic rings. The number of carbonyl (C=O) groups excluding carboxylic acids is 2. The molecule has 1 N–H and O–H groups in total. The number of hydrogen-bond acceptors (Lipinski definition) is 5. The molecule has 0 bridgehead atoms. The molecule has 1 fully saturated rings. The van der Waals surface area contributed by atoms with Crippen molar-refractivity contribution in [2.45, 2.75) is 32.7 Å². The summed E-state index contributed by atoms with van der Waals surface area (Å²) in [5, 5.41) is 11.8. The fraction of sp³-hybridized carbons (Fsp3) is 0.375. The Morgan fingerprint density at radius 2 is 2.13 bits per heavy atom. The Hall–Kier alpha value is -2.28. The van der Waals surface area contributed by atoms with Gasteiger partial charge in [-0.1, -0.05) is 29.0 Å². The van der Waals surface area contributed by atoms with Crippen LogP contribution in [0.2, 0.25) is 0 Å². The molecule has 2 amide bonds. The summed E-state index contributed by atoms with van der Waals surface area (Å²) in [6.45, 7) is 4.37. The molecule has 1 atom stereocenters. The lowest BCUT2D eigenvalue weighted by Crippen LogP contribution is -2.43. The molecule has 7 heteroatoms. The third kappa shape index (κ3) is 3.39. The van der Waals surface area contributed by atoms with Gasteiger partial charge >= 0.3 is 0 Å². The Labute approximate surface area is 138 Å². The molecule has 1 aromatic carbocycles. The van der Waals surface area contributed by atoms with Gasteiger partial charge in [-0.2, -0.15) is 0 Å². The summed E-state index contributed by atoms with van der Waals surface area (Å²) in [4.78, 5) is 26.8. The van der Waals surface area contributed by atoms with Crippen molar-refractivity contribution in [1.82, 2.24) is 15.1 Å². The molecule has 23 heavy (non-hydrogen) atoms. The van der Waals surface area contributed by atoms with E-state index in [-0.39, 0.29) is 11.8 Å². The zero-order valence-electron chi connectivity index (χ0n) is 13.1. The fourth-order valence-corrected chi connectivity index (χ4v) is 3.36. The predicted molar refractivity (Wildman–Crippen MR) is 88.5 cm³/mol. The molecule has 0 unspecified atom stereocenters. The molecule has 1 aromatic heterocycles. The SMILES string of the molecule is Cc1cccc(C(=O)N2CCC[C@@H]2C(=O)Nc2nnc(C)s2)c1. The van der Waals surface area contributed by atoms with Crippen LogP contribution in [0, 0.1) is 13.8 Å². The first-order chi connectivity index (χ1) is 11.0. The van der Waals surface area contributed by atoms with E-state index in [0.29, 0.717) is 23.7 Å². The number of rotatable bonds is 3. The third-order valence-corrected chi connectivity index (χ3v) is 4.59. The minimum Gasteiger partial charge on any atom is -0.327 e. The second-order valence-corrected chi connectivity index (χ2v) is 6.82. The summed E-state index contributed by atoms with van der Waals surface area (Å²) in [5.74, 6) is -0.292. The zero-order valence-corrected chi connectivity index (χ0v) is 13.9. The Balaban J connectivity index is 1.74. The average molecular weight is 330 g/mol. The highest BCUT2D eigenvalue weighted by atomic mass is 32.1. The number of aromatic nitrogens is 2. The third-order valence-electron chi connectivity index (χ3n) is 3.84. The van der Waals surface area contributed by atoms with Gasteiger partial charge in [0, 0.05) is 12.1 Å². The molecule has 0 aliphatic carbocycles. The van der Waals surface area contributed by atoms with E-state index in [1.807, 2.05) is 32.0 Å². The van der Waals surface area contributed by atoms with Crippen LogP contribution in [0.4, 0.5) is 5.13 Å². The second kappa shape index (κ2) is 6.45. The van der Waals surface area contributed by atoms with Gasteiger partial charge in [-0.25, -0.2) is 0 Å². The van der Waals surface area contributed by atoms with Gasteiger partial charge in [-0.15, -0.1) is 10.2 Å². The maximum absolute atomic E-state index is 12.7. The fourth-order valence-electron chi connectivity index (χ4n) is 2.76. The van der Waals surface area contributed by atoms with Gasteiger partial charge in [0.2, 0.25) is 11.0 Å². The first-order valence-electron chi connectivity index (χ1n) is 7.53. The van der Waals surface area contributed by atoms with Crippen LogP contribution in [-0.2, 0) is 4.79 Å². The Kier molecular flexibility index (Phi) is 4.38. The van der Waals surface area contributed by atoms with Crippen LogP contribution in [0.25, 0.3) is 0 Å². The number of carbonyl (C=O) groups is 2. The van der Waals surface area contributed by atoms with Crippen molar-refractivity contribution >= 4 is 28.3 Å². The molecule has 3 rings (SSSR count). The van der Waals surface area contributed by atoms with Crippen LogP contribution in [0.5, 0.6) is 0 Å². The summed E-state index contributed by atoms with van der Waals surface area (Å²) in [5.41, 5.74) is 1.65. The van der Waals surface area contributed by atoms with E-state index in [4.69, 9.17) is 0 Å². The van der Waals surface area contributed by atoms with Crippen molar-refractivity contribution in [3.63, 3.8) is 0 Å². The number of nitrogens with one attached hydrogen (secondary N) is 1. The van der Waals surface area contributed by atoms with Crippen LogP contribution in [0.15, 0.2) is 24.3 Å². The molecule has 120 valence electrons. The van der Waals surface area contributed by atoms with Gasteiger partial charge in [-0.05, 0) is 38.8 Å². The van der Waals surface area contributed by atoms with Crippen LogP contribution < -0.4 is 5.32 Å². The summed E-state index contributed by atoms with van der Waals surface area (Å²) in [6.07, 6.45) is 1.49. The number of nitrogens with zero attached hydrogens (tertiary/aromatic N) is 3. The molecule has 1 aliphatic heterocycles. The summed E-state index contributed by atoms with van der Waals surface area (Å²) >= 11 is 1.33. The van der Waals surface area contributed by atoms with Crippen LogP contribution in [-0.4, -0.2) is 39.5 Å². The lowest BCUT2D eigenvalue weighted by Gasteiger charge is -2.23. The maximum Gasteiger partial charge on any atom is 0.254 e. The second-order valence-electron chi connectivity index (χ2n) is 5.64. The van der Waals surface area contributed by atoms with Crippen LogP contribution in [0.3, 0.4) is 0 Å². The van der Waals surface area contributed by atoms with E-state index in [1.165, 1.54) is 11.3 Å². The molecule has 6 nitrogen and oxygen atoms in total. The first-order valence-corrected chi connectivity index (χ1v) is 8.35. The average Bonchev–Trinajstić information content (AvgIpc) is 3.15. The van der Waals surface area contributed by atoms with Gasteiger partial charge in [0.05, 0.1) is 0 Å². The highest BCUT2D eigenvalue weighted by Gasteiger charge is 2.34. The van der Waals surface area contributed by atoms with Crippen molar-refractivity contribution in [3.8, 4) is 0 Å². The van der Waals surface area contributed by atoms with Crippen LogP contribution >= 0.6 is 11.3 Å². The van der Waals surface area contributed by atoms with E-state index in [9.17, 15) is 9.59 Å². The Morgan fingerprint density at radius 3 is 2.83 bits per heavy atom. The van der Waals surface area contributed by atoms with Crippen molar-refractivity contribution in [1.29, 1.82) is 0 Å². The van der Waals surface area contributed by atoms with E-state index in [2.05, 4.69) is 15.5 Å². The summed E-state index contributed by atoms with van der Waals surface area (Å²) in [7, 11) is 0. The number of likely N-dealkylation sites (tertiary alicyclic amines) is 1. The molecule has 2 heterocycles. The van der Waals surface area contributed by atoms with Crippen molar-refractivity contribution in [2.24, 2.45) is 0 Å². The Bertz CT molecular complexity index is 743. The number of benzene rings is 1. The number of aryl methyl sites for hydroxylation is 2. The largest absolute Gasteiger partial charge is 0.327 e. The van der Waals surface area contributed by atoms with E-state index in [1.54, 1.807) is 11.0 Å². The molecule has 0 radical (unpaired) electrons. The lowest BCUT2D eigenvalue weighted by atomic mass is 10.1. The van der Waals surface area contributed by atoms with E-state index >= 15 is 0 Å². The highest BCUT2D eigenvalue weighted by molar-refractivity contribution is 7.15. The summed E-state index contributed by atoms with van der Waals surface area (Å²) < 4.78 is 0. The lowest BCUT2D eigenvalue weighted by molar-refractivity contribution is -0.119. The van der Waals surface area contributed by atoms with Crippen LogP contribution in [0.1, 0.15) is 33.8 Å². The molecule has 0 spiro atoms. The van der Waals surface area contributed by atoms with Crippen molar-refractivity contribution in [2.75, 3.05) is 11.9 Å². The minimum absolute atomic E-state index is 0.0974. The predicted octanol–water partition coefficient (Wildman–Crippen LogP) is 2.40. The quantitative estimate of drug-likeness (QED) is 0.937. The van der Waals surface area contributed by atoms with Crippen molar-refractivity contribution in [3.05, 3.63) is 40.4 Å². The zero-order chi connectivity index (χ0) is 16.4. The topological polar surface area (TPSA) is 75.2 Å². The molecule has 1 aliphatic rings. The number of hydrogen-bond donors (Lipinski definition) is 1.